The molecule has 3 rings (SSSR count). The lowest BCUT2D eigenvalue weighted by atomic mass is 9.86. The predicted molar refractivity (Wildman–Crippen MR) is 97.6 cm³/mol. The molecule has 2 fully saturated rings. The number of carbonyl (C=O) groups is 1. The molecule has 1 saturated carbocycles. The molecule has 1 amide bonds. The highest BCUT2D eigenvalue weighted by atomic mass is 32.2. The van der Waals surface area contributed by atoms with Gasteiger partial charge in [-0.25, -0.2) is 0 Å². The van der Waals surface area contributed by atoms with E-state index in [9.17, 15) is 4.79 Å². The molecule has 0 radical (unpaired) electrons. The summed E-state index contributed by atoms with van der Waals surface area (Å²) in [5.41, 5.74) is 2.14. The van der Waals surface area contributed by atoms with Gasteiger partial charge in [0.1, 0.15) is 0 Å². The van der Waals surface area contributed by atoms with Gasteiger partial charge in [-0.3, -0.25) is 4.79 Å². The lowest BCUT2D eigenvalue weighted by molar-refractivity contribution is 0.0910. The maximum absolute atomic E-state index is 12.4. The maximum atomic E-state index is 12.4. The molecule has 2 aliphatic rings. The van der Waals surface area contributed by atoms with Crippen molar-refractivity contribution < 1.29 is 4.79 Å². The number of rotatable bonds is 3. The van der Waals surface area contributed by atoms with Gasteiger partial charge < -0.3 is 5.32 Å². The van der Waals surface area contributed by atoms with Crippen LogP contribution in [0.3, 0.4) is 0 Å². The standard InChI is InChI=1S/C18H25NOS2/c1-13-5-2-3-6-16(13)19-17(20)14-7-9-15(10-8-14)18-21-11-4-12-22-18/h7-10,13,16,18H,2-6,11-12H2,1H3,(H,19,20)/t13-,16-/m1/s1. The Balaban J connectivity index is 1.60. The Bertz CT molecular complexity index is 496. The van der Waals surface area contributed by atoms with E-state index in [1.165, 1.54) is 42.8 Å². The van der Waals surface area contributed by atoms with E-state index in [0.717, 1.165) is 12.0 Å². The summed E-state index contributed by atoms with van der Waals surface area (Å²) in [7, 11) is 0. The van der Waals surface area contributed by atoms with Crippen LogP contribution in [0.4, 0.5) is 0 Å². The van der Waals surface area contributed by atoms with Crippen molar-refractivity contribution in [3.63, 3.8) is 0 Å². The topological polar surface area (TPSA) is 29.1 Å². The Morgan fingerprint density at radius 1 is 1.05 bits per heavy atom. The molecule has 1 aliphatic carbocycles. The van der Waals surface area contributed by atoms with Crippen LogP contribution in [0.2, 0.25) is 0 Å². The third kappa shape index (κ3) is 4.02. The first-order chi connectivity index (χ1) is 10.7. The predicted octanol–water partition coefficient (Wildman–Crippen LogP) is 4.86. The summed E-state index contributed by atoms with van der Waals surface area (Å²) in [5, 5.41) is 3.23. The van der Waals surface area contributed by atoms with E-state index in [2.05, 4.69) is 24.4 Å². The highest BCUT2D eigenvalue weighted by Gasteiger charge is 2.23. The second-order valence-corrected chi connectivity index (χ2v) is 9.12. The Kier molecular flexibility index (Phi) is 5.75. The first kappa shape index (κ1) is 16.3. The summed E-state index contributed by atoms with van der Waals surface area (Å²) in [6.07, 6.45) is 6.22. The Labute approximate surface area is 142 Å². The van der Waals surface area contributed by atoms with Crippen molar-refractivity contribution in [3.05, 3.63) is 35.4 Å². The summed E-state index contributed by atoms with van der Waals surface area (Å²) in [6.45, 7) is 2.25. The average Bonchev–Trinajstić information content (AvgIpc) is 2.58. The van der Waals surface area contributed by atoms with E-state index in [1.807, 2.05) is 35.7 Å². The number of thioether (sulfide) groups is 2. The SMILES string of the molecule is C[C@@H]1CCCC[C@H]1NC(=O)c1ccc(C2SCCCS2)cc1. The molecule has 0 aromatic heterocycles. The number of carbonyl (C=O) groups excluding carboxylic acids is 1. The molecule has 1 heterocycles. The third-order valence-corrected chi connectivity index (χ3v) is 7.72. The van der Waals surface area contributed by atoms with Gasteiger partial charge >= 0.3 is 0 Å². The quantitative estimate of drug-likeness (QED) is 0.855. The highest BCUT2D eigenvalue weighted by molar-refractivity contribution is 8.16. The molecule has 1 aliphatic heterocycles. The number of nitrogens with one attached hydrogen (secondary N) is 1. The summed E-state index contributed by atoms with van der Waals surface area (Å²) in [6, 6.07) is 8.61. The zero-order valence-corrected chi connectivity index (χ0v) is 14.8. The largest absolute Gasteiger partial charge is 0.349 e. The van der Waals surface area contributed by atoms with E-state index < -0.39 is 0 Å². The molecule has 1 aromatic rings. The molecule has 2 atom stereocenters. The number of amides is 1. The molecule has 0 spiro atoms. The van der Waals surface area contributed by atoms with Crippen LogP contribution in [-0.4, -0.2) is 23.5 Å². The second-order valence-electron chi connectivity index (χ2n) is 6.39. The smallest absolute Gasteiger partial charge is 0.251 e. The van der Waals surface area contributed by atoms with Crippen molar-refractivity contribution in [2.75, 3.05) is 11.5 Å². The molecule has 1 aromatic carbocycles. The van der Waals surface area contributed by atoms with E-state index in [0.29, 0.717) is 16.5 Å². The molecular weight excluding hydrogens is 310 g/mol. The van der Waals surface area contributed by atoms with Crippen molar-refractivity contribution >= 4 is 29.4 Å². The summed E-state index contributed by atoms with van der Waals surface area (Å²) >= 11 is 4.04. The van der Waals surface area contributed by atoms with Crippen molar-refractivity contribution in [1.82, 2.24) is 5.32 Å². The van der Waals surface area contributed by atoms with Crippen molar-refractivity contribution in [1.29, 1.82) is 0 Å². The van der Waals surface area contributed by atoms with E-state index in [-0.39, 0.29) is 5.91 Å². The Hall–Kier alpha value is -0.610. The highest BCUT2D eigenvalue weighted by Crippen LogP contribution is 2.43. The summed E-state index contributed by atoms with van der Waals surface area (Å²) in [4.78, 5) is 12.4. The van der Waals surface area contributed by atoms with Gasteiger partial charge in [-0.15, -0.1) is 23.5 Å². The van der Waals surface area contributed by atoms with Crippen LogP contribution >= 0.6 is 23.5 Å². The number of hydrogen-bond donors (Lipinski definition) is 1. The van der Waals surface area contributed by atoms with Crippen LogP contribution in [0.15, 0.2) is 24.3 Å². The molecule has 1 saturated heterocycles. The van der Waals surface area contributed by atoms with Crippen LogP contribution in [0.5, 0.6) is 0 Å². The Morgan fingerprint density at radius 2 is 1.73 bits per heavy atom. The lowest BCUT2D eigenvalue weighted by Gasteiger charge is -2.29. The molecule has 1 N–H and O–H groups in total. The van der Waals surface area contributed by atoms with Crippen LogP contribution in [-0.2, 0) is 0 Å². The monoisotopic (exact) mass is 335 g/mol. The van der Waals surface area contributed by atoms with E-state index in [4.69, 9.17) is 0 Å². The molecular formula is C18H25NOS2. The fourth-order valence-electron chi connectivity index (χ4n) is 3.25. The van der Waals surface area contributed by atoms with Gasteiger partial charge in [0.2, 0.25) is 0 Å². The summed E-state index contributed by atoms with van der Waals surface area (Å²) in [5.74, 6) is 3.19. The minimum absolute atomic E-state index is 0.0919. The van der Waals surface area contributed by atoms with E-state index >= 15 is 0 Å². The van der Waals surface area contributed by atoms with Crippen molar-refractivity contribution in [2.45, 2.75) is 49.7 Å². The van der Waals surface area contributed by atoms with Gasteiger partial charge in [-0.1, -0.05) is 31.9 Å². The van der Waals surface area contributed by atoms with Gasteiger partial charge in [0.25, 0.3) is 5.91 Å². The van der Waals surface area contributed by atoms with Gasteiger partial charge in [-0.05, 0) is 54.4 Å². The first-order valence-electron chi connectivity index (χ1n) is 8.38. The normalized spacial score (nSPS) is 26.6. The maximum Gasteiger partial charge on any atom is 0.251 e. The average molecular weight is 336 g/mol. The molecule has 120 valence electrons. The van der Waals surface area contributed by atoms with Crippen LogP contribution < -0.4 is 5.32 Å². The minimum atomic E-state index is 0.0919. The summed E-state index contributed by atoms with van der Waals surface area (Å²) < 4.78 is 0.546. The fourth-order valence-corrected chi connectivity index (χ4v) is 6.15. The zero-order chi connectivity index (χ0) is 15.4. The second kappa shape index (κ2) is 7.78. The first-order valence-corrected chi connectivity index (χ1v) is 10.5. The number of benzene rings is 1. The number of hydrogen-bond acceptors (Lipinski definition) is 3. The van der Waals surface area contributed by atoms with Gasteiger partial charge in [0.15, 0.2) is 0 Å². The van der Waals surface area contributed by atoms with Crippen molar-refractivity contribution in [3.8, 4) is 0 Å². The molecule has 0 unspecified atom stereocenters. The third-order valence-electron chi connectivity index (χ3n) is 4.70. The molecule has 2 nitrogen and oxygen atoms in total. The Morgan fingerprint density at radius 3 is 2.41 bits per heavy atom. The molecule has 0 bridgehead atoms. The molecule has 4 heteroatoms. The fraction of sp³-hybridized carbons (Fsp3) is 0.611. The zero-order valence-electron chi connectivity index (χ0n) is 13.2. The van der Waals surface area contributed by atoms with Crippen LogP contribution in [0.25, 0.3) is 0 Å². The van der Waals surface area contributed by atoms with Crippen LogP contribution in [0, 0.1) is 5.92 Å². The molecule has 22 heavy (non-hydrogen) atoms. The van der Waals surface area contributed by atoms with Crippen LogP contribution in [0.1, 0.15) is 59.5 Å². The minimum Gasteiger partial charge on any atom is -0.349 e. The van der Waals surface area contributed by atoms with Gasteiger partial charge in [0.05, 0.1) is 4.58 Å². The van der Waals surface area contributed by atoms with Gasteiger partial charge in [0, 0.05) is 11.6 Å². The van der Waals surface area contributed by atoms with Gasteiger partial charge in [-0.2, -0.15) is 0 Å². The van der Waals surface area contributed by atoms with E-state index in [1.54, 1.807) is 0 Å². The lowest BCUT2D eigenvalue weighted by Crippen LogP contribution is -2.41. The van der Waals surface area contributed by atoms with Crippen molar-refractivity contribution in [2.24, 2.45) is 5.92 Å².